The lowest BCUT2D eigenvalue weighted by Gasteiger charge is -2.29. The van der Waals surface area contributed by atoms with Crippen molar-refractivity contribution in [1.29, 1.82) is 0 Å². The Bertz CT molecular complexity index is 712. The van der Waals surface area contributed by atoms with Crippen LogP contribution < -0.4 is 5.73 Å². The van der Waals surface area contributed by atoms with Gasteiger partial charge in [0.2, 0.25) is 0 Å². The van der Waals surface area contributed by atoms with E-state index < -0.39 is 0 Å². The number of hydrogen-bond donors (Lipinski definition) is 1. The zero-order valence-electron chi connectivity index (χ0n) is 11.9. The third kappa shape index (κ3) is 2.68. The van der Waals surface area contributed by atoms with Gasteiger partial charge in [-0.15, -0.1) is 0 Å². The Kier molecular flexibility index (Phi) is 3.72. The van der Waals surface area contributed by atoms with Gasteiger partial charge in [-0.2, -0.15) is 0 Å². The SMILES string of the molecule is Cc1c(Br)cccc1C(=O)N1CCc2ccc(N)cc2C1. The summed E-state index contributed by atoms with van der Waals surface area (Å²) in [6, 6.07) is 11.7. The first kappa shape index (κ1) is 14.1. The summed E-state index contributed by atoms with van der Waals surface area (Å²) in [5.74, 6) is 0.0851. The van der Waals surface area contributed by atoms with Gasteiger partial charge in [-0.3, -0.25) is 4.79 Å². The molecule has 2 aromatic rings. The van der Waals surface area contributed by atoms with Crippen molar-refractivity contribution in [2.24, 2.45) is 0 Å². The van der Waals surface area contributed by atoms with E-state index in [1.165, 1.54) is 5.56 Å². The van der Waals surface area contributed by atoms with Gasteiger partial charge < -0.3 is 10.6 Å². The van der Waals surface area contributed by atoms with Crippen LogP contribution in [-0.2, 0) is 13.0 Å². The summed E-state index contributed by atoms with van der Waals surface area (Å²) in [5.41, 5.74) is 10.8. The van der Waals surface area contributed by atoms with Crippen LogP contribution in [0.15, 0.2) is 40.9 Å². The summed E-state index contributed by atoms with van der Waals surface area (Å²) in [4.78, 5) is 14.6. The van der Waals surface area contributed by atoms with Crippen molar-refractivity contribution in [3.05, 3.63) is 63.1 Å². The molecular formula is C17H17BrN2O. The number of nitrogen functional groups attached to an aromatic ring is 1. The van der Waals surface area contributed by atoms with E-state index in [1.54, 1.807) is 0 Å². The van der Waals surface area contributed by atoms with Gasteiger partial charge in [0.25, 0.3) is 5.91 Å². The molecule has 0 saturated carbocycles. The Hall–Kier alpha value is -1.81. The Morgan fingerprint density at radius 2 is 2.05 bits per heavy atom. The standard InChI is InChI=1S/C17H17BrN2O/c1-11-15(3-2-4-16(11)18)17(21)20-8-7-12-5-6-14(19)9-13(12)10-20/h2-6,9H,7-8,10,19H2,1H3. The van der Waals surface area contributed by atoms with Crippen molar-refractivity contribution in [3.8, 4) is 0 Å². The summed E-state index contributed by atoms with van der Waals surface area (Å²) < 4.78 is 0.968. The lowest BCUT2D eigenvalue weighted by atomic mass is 9.98. The normalized spacial score (nSPS) is 13.9. The second kappa shape index (κ2) is 5.53. The quantitative estimate of drug-likeness (QED) is 0.804. The maximum absolute atomic E-state index is 12.7. The van der Waals surface area contributed by atoms with Crippen LogP contribution in [-0.4, -0.2) is 17.4 Å². The first-order valence-corrected chi connectivity index (χ1v) is 7.77. The largest absolute Gasteiger partial charge is 0.399 e. The maximum Gasteiger partial charge on any atom is 0.254 e. The highest BCUT2D eigenvalue weighted by molar-refractivity contribution is 9.10. The molecule has 1 heterocycles. The third-order valence-corrected chi connectivity index (χ3v) is 4.89. The molecule has 1 aliphatic rings. The molecule has 2 aromatic carbocycles. The van der Waals surface area contributed by atoms with Crippen LogP contribution in [0, 0.1) is 6.92 Å². The molecule has 0 unspecified atom stereocenters. The van der Waals surface area contributed by atoms with E-state index in [4.69, 9.17) is 5.73 Å². The predicted octanol–water partition coefficient (Wildman–Crippen LogP) is 3.54. The molecule has 1 amide bonds. The second-order valence-corrected chi connectivity index (χ2v) is 6.27. The molecule has 108 valence electrons. The molecular weight excluding hydrogens is 328 g/mol. The van der Waals surface area contributed by atoms with Crippen molar-refractivity contribution >= 4 is 27.5 Å². The Morgan fingerprint density at radius 1 is 1.24 bits per heavy atom. The lowest BCUT2D eigenvalue weighted by Crippen LogP contribution is -2.36. The summed E-state index contributed by atoms with van der Waals surface area (Å²) in [5, 5.41) is 0. The summed E-state index contributed by atoms with van der Waals surface area (Å²) in [7, 11) is 0. The number of fused-ring (bicyclic) bond motifs is 1. The number of amides is 1. The maximum atomic E-state index is 12.7. The number of benzene rings is 2. The van der Waals surface area contributed by atoms with Crippen molar-refractivity contribution in [3.63, 3.8) is 0 Å². The van der Waals surface area contributed by atoms with Gasteiger partial charge in [-0.05, 0) is 54.3 Å². The molecule has 3 rings (SSSR count). The van der Waals surface area contributed by atoms with E-state index in [0.29, 0.717) is 6.54 Å². The summed E-state index contributed by atoms with van der Waals surface area (Å²) in [6.45, 7) is 3.35. The van der Waals surface area contributed by atoms with Gasteiger partial charge in [-0.1, -0.05) is 28.1 Å². The Balaban J connectivity index is 1.89. The minimum atomic E-state index is 0.0851. The van der Waals surface area contributed by atoms with Gasteiger partial charge in [0, 0.05) is 28.8 Å². The van der Waals surface area contributed by atoms with Gasteiger partial charge in [-0.25, -0.2) is 0 Å². The fourth-order valence-corrected chi connectivity index (χ4v) is 3.13. The fourth-order valence-electron chi connectivity index (χ4n) is 2.76. The van der Waals surface area contributed by atoms with E-state index >= 15 is 0 Å². The molecule has 0 atom stereocenters. The van der Waals surface area contributed by atoms with Gasteiger partial charge in [0.05, 0.1) is 0 Å². The third-order valence-electron chi connectivity index (χ3n) is 4.03. The summed E-state index contributed by atoms with van der Waals surface area (Å²) in [6.07, 6.45) is 0.883. The zero-order valence-corrected chi connectivity index (χ0v) is 13.5. The van der Waals surface area contributed by atoms with Crippen molar-refractivity contribution in [2.45, 2.75) is 19.9 Å². The highest BCUT2D eigenvalue weighted by Crippen LogP contribution is 2.25. The number of anilines is 1. The summed E-state index contributed by atoms with van der Waals surface area (Å²) >= 11 is 3.49. The molecule has 0 spiro atoms. The number of hydrogen-bond acceptors (Lipinski definition) is 2. The van der Waals surface area contributed by atoms with Crippen LogP contribution in [0.1, 0.15) is 27.0 Å². The number of carbonyl (C=O) groups is 1. The molecule has 1 aliphatic heterocycles. The van der Waals surface area contributed by atoms with E-state index in [9.17, 15) is 4.79 Å². The molecule has 0 radical (unpaired) electrons. The molecule has 2 N–H and O–H groups in total. The van der Waals surface area contributed by atoms with Crippen LogP contribution in [0.2, 0.25) is 0 Å². The molecule has 0 aromatic heterocycles. The zero-order chi connectivity index (χ0) is 15.0. The number of nitrogens with zero attached hydrogens (tertiary/aromatic N) is 1. The average molecular weight is 345 g/mol. The van der Waals surface area contributed by atoms with E-state index in [-0.39, 0.29) is 5.91 Å². The minimum absolute atomic E-state index is 0.0851. The monoisotopic (exact) mass is 344 g/mol. The number of carbonyl (C=O) groups excluding carboxylic acids is 1. The highest BCUT2D eigenvalue weighted by atomic mass is 79.9. The van der Waals surface area contributed by atoms with E-state index in [1.807, 2.05) is 42.2 Å². The minimum Gasteiger partial charge on any atom is -0.399 e. The molecule has 0 saturated heterocycles. The smallest absolute Gasteiger partial charge is 0.254 e. The van der Waals surface area contributed by atoms with Crippen molar-refractivity contribution < 1.29 is 4.79 Å². The topological polar surface area (TPSA) is 46.3 Å². The van der Waals surface area contributed by atoms with Gasteiger partial charge >= 0.3 is 0 Å². The van der Waals surface area contributed by atoms with Crippen LogP contribution in [0.5, 0.6) is 0 Å². The lowest BCUT2D eigenvalue weighted by molar-refractivity contribution is 0.0734. The van der Waals surface area contributed by atoms with Crippen molar-refractivity contribution in [1.82, 2.24) is 4.90 Å². The number of rotatable bonds is 1. The molecule has 0 bridgehead atoms. The fraction of sp³-hybridized carbons (Fsp3) is 0.235. The van der Waals surface area contributed by atoms with Crippen LogP contribution >= 0.6 is 15.9 Å². The molecule has 3 nitrogen and oxygen atoms in total. The van der Waals surface area contributed by atoms with Crippen molar-refractivity contribution in [2.75, 3.05) is 12.3 Å². The van der Waals surface area contributed by atoms with Gasteiger partial charge in [0.1, 0.15) is 0 Å². The van der Waals surface area contributed by atoms with Crippen LogP contribution in [0.25, 0.3) is 0 Å². The number of nitrogens with two attached hydrogens (primary N) is 1. The van der Waals surface area contributed by atoms with E-state index in [2.05, 4.69) is 22.0 Å². The Labute approximate surface area is 132 Å². The van der Waals surface area contributed by atoms with Crippen LogP contribution in [0.4, 0.5) is 5.69 Å². The predicted molar refractivity (Wildman–Crippen MR) is 88.2 cm³/mol. The Morgan fingerprint density at radius 3 is 2.86 bits per heavy atom. The molecule has 0 aliphatic carbocycles. The van der Waals surface area contributed by atoms with Crippen LogP contribution in [0.3, 0.4) is 0 Å². The molecule has 4 heteroatoms. The molecule has 21 heavy (non-hydrogen) atoms. The highest BCUT2D eigenvalue weighted by Gasteiger charge is 2.23. The van der Waals surface area contributed by atoms with E-state index in [0.717, 1.165) is 39.8 Å². The first-order chi connectivity index (χ1) is 10.1. The number of halogens is 1. The molecule has 0 fully saturated rings. The average Bonchev–Trinajstić information content (AvgIpc) is 2.48. The van der Waals surface area contributed by atoms with Gasteiger partial charge in [0.15, 0.2) is 0 Å². The first-order valence-electron chi connectivity index (χ1n) is 6.98. The second-order valence-electron chi connectivity index (χ2n) is 5.42.